The third-order valence-electron chi connectivity index (χ3n) is 3.30. The first kappa shape index (κ1) is 20.8. The van der Waals surface area contributed by atoms with E-state index in [1.807, 2.05) is 0 Å². The largest absolute Gasteiger partial charge is 0.466 e. The third-order valence-corrected chi connectivity index (χ3v) is 3.30. The predicted molar refractivity (Wildman–Crippen MR) is 87.8 cm³/mol. The highest BCUT2D eigenvalue weighted by atomic mass is 16.6. The summed E-state index contributed by atoms with van der Waals surface area (Å²) < 4.78 is 13.9. The molecule has 0 heterocycles. The van der Waals surface area contributed by atoms with Crippen molar-refractivity contribution in [3.8, 4) is 0 Å². The fourth-order valence-corrected chi connectivity index (χ4v) is 2.00. The van der Waals surface area contributed by atoms with Crippen LogP contribution in [0.3, 0.4) is 0 Å². The second-order valence-corrected chi connectivity index (χ2v) is 5.03. The van der Waals surface area contributed by atoms with Crippen molar-refractivity contribution in [2.75, 3.05) is 7.11 Å². The minimum atomic E-state index is -2.37. The highest BCUT2D eigenvalue weighted by Gasteiger charge is 2.50. The smallest absolute Gasteiger partial charge is 0.366 e. The number of rotatable bonds is 7. The van der Waals surface area contributed by atoms with E-state index < -0.39 is 35.3 Å². The number of ketones is 1. The van der Waals surface area contributed by atoms with Gasteiger partial charge in [0.2, 0.25) is 5.78 Å². The molecule has 26 heavy (non-hydrogen) atoms. The van der Waals surface area contributed by atoms with Crippen LogP contribution in [-0.4, -0.2) is 42.4 Å². The quantitative estimate of drug-likeness (QED) is 0.235. The summed E-state index contributed by atoms with van der Waals surface area (Å²) in [5.74, 6) is -5.12. The maximum Gasteiger partial charge on any atom is 0.366 e. The van der Waals surface area contributed by atoms with Crippen LogP contribution >= 0.6 is 0 Å². The van der Waals surface area contributed by atoms with E-state index >= 15 is 0 Å². The summed E-state index contributed by atoms with van der Waals surface area (Å²) in [5.41, 5.74) is -2.29. The lowest BCUT2D eigenvalue weighted by Crippen LogP contribution is -2.51. The lowest BCUT2D eigenvalue weighted by atomic mass is 9.90. The first-order valence-electron chi connectivity index (χ1n) is 7.58. The topological polar surface area (TPSA) is 113 Å². The van der Waals surface area contributed by atoms with Crippen LogP contribution in [0.25, 0.3) is 0 Å². The van der Waals surface area contributed by atoms with Crippen LogP contribution in [0.2, 0.25) is 0 Å². The number of benzene rings is 1. The van der Waals surface area contributed by atoms with Gasteiger partial charge in [-0.25, -0.2) is 14.4 Å². The Kier molecular flexibility index (Phi) is 7.39. The van der Waals surface area contributed by atoms with Crippen molar-refractivity contribution in [2.45, 2.75) is 25.9 Å². The molecule has 8 nitrogen and oxygen atoms in total. The van der Waals surface area contributed by atoms with Gasteiger partial charge in [-0.3, -0.25) is 9.59 Å². The molecule has 0 N–H and O–H groups in total. The Morgan fingerprint density at radius 2 is 1.58 bits per heavy atom. The second kappa shape index (κ2) is 9.26. The number of methoxy groups -OCH3 is 1. The maximum atomic E-state index is 12.8. The summed E-state index contributed by atoms with van der Waals surface area (Å²) >= 11 is 0. The maximum absolute atomic E-state index is 12.8. The molecule has 1 aromatic rings. The lowest BCUT2D eigenvalue weighted by molar-refractivity contribution is -0.178. The van der Waals surface area contributed by atoms with E-state index in [1.165, 1.54) is 19.1 Å². The number of esters is 4. The van der Waals surface area contributed by atoms with Gasteiger partial charge in [0, 0.05) is 31.1 Å². The minimum Gasteiger partial charge on any atom is -0.466 e. The average Bonchev–Trinajstić information content (AvgIpc) is 2.63. The zero-order chi connectivity index (χ0) is 19.7. The Bertz CT molecular complexity index is 735. The van der Waals surface area contributed by atoms with Gasteiger partial charge in [-0.1, -0.05) is 37.3 Å². The summed E-state index contributed by atoms with van der Waals surface area (Å²) in [5, 5.41) is 0. The molecule has 0 aromatic heterocycles. The molecule has 1 unspecified atom stereocenters. The number of hydrogen-bond acceptors (Lipinski definition) is 8. The predicted octanol–water partition coefficient (Wildman–Crippen LogP) is 1.38. The Morgan fingerprint density at radius 3 is 2.08 bits per heavy atom. The van der Waals surface area contributed by atoms with E-state index in [1.54, 1.807) is 18.2 Å². The SMILES string of the molecule is CCC(OC(=O)C=CC(=O)OC)(C(=O)OC(C)=O)C(=O)c1ccccc1. The van der Waals surface area contributed by atoms with Crippen LogP contribution < -0.4 is 0 Å². The third kappa shape index (κ3) is 5.10. The van der Waals surface area contributed by atoms with Crippen LogP contribution in [0.15, 0.2) is 42.5 Å². The molecular weight excluding hydrogens is 344 g/mol. The van der Waals surface area contributed by atoms with Crippen LogP contribution in [0.5, 0.6) is 0 Å². The van der Waals surface area contributed by atoms with Crippen molar-refractivity contribution < 1.29 is 38.2 Å². The van der Waals surface area contributed by atoms with E-state index in [-0.39, 0.29) is 12.0 Å². The number of Topliss-reactive ketones (excluding diaryl/α,β-unsaturated/α-hetero) is 1. The Balaban J connectivity index is 3.27. The molecule has 0 aliphatic heterocycles. The summed E-state index contributed by atoms with van der Waals surface area (Å²) in [4.78, 5) is 59.5. The van der Waals surface area contributed by atoms with Crippen molar-refractivity contribution in [1.82, 2.24) is 0 Å². The first-order valence-corrected chi connectivity index (χ1v) is 7.58. The number of hydrogen-bond donors (Lipinski definition) is 0. The standard InChI is InChI=1S/C18H18O8/c1-4-18(17(23)25-12(2)19,16(22)13-8-6-5-7-9-13)26-15(21)11-10-14(20)24-3/h5-11H,4H2,1-3H3. The molecule has 0 fully saturated rings. The molecule has 0 aliphatic carbocycles. The number of carbonyl (C=O) groups is 5. The van der Waals surface area contributed by atoms with E-state index in [9.17, 15) is 24.0 Å². The zero-order valence-electron chi connectivity index (χ0n) is 14.5. The number of carbonyl (C=O) groups excluding carboxylic acids is 5. The van der Waals surface area contributed by atoms with Crippen molar-refractivity contribution in [2.24, 2.45) is 0 Å². The highest BCUT2D eigenvalue weighted by molar-refractivity contribution is 6.18. The van der Waals surface area contributed by atoms with Crippen molar-refractivity contribution in [3.05, 3.63) is 48.0 Å². The van der Waals surface area contributed by atoms with Crippen molar-refractivity contribution >= 4 is 29.7 Å². The molecule has 138 valence electrons. The molecule has 0 bridgehead atoms. The van der Waals surface area contributed by atoms with E-state index in [0.29, 0.717) is 6.08 Å². The fraction of sp³-hybridized carbons (Fsp3) is 0.278. The van der Waals surface area contributed by atoms with Crippen LogP contribution in [0.1, 0.15) is 30.6 Å². The van der Waals surface area contributed by atoms with Gasteiger partial charge in [-0.05, 0) is 0 Å². The molecule has 0 saturated carbocycles. The normalized spacial score (nSPS) is 12.7. The summed E-state index contributed by atoms with van der Waals surface area (Å²) in [6.45, 7) is 2.39. The zero-order valence-corrected chi connectivity index (χ0v) is 14.5. The molecule has 1 aromatic carbocycles. The minimum absolute atomic E-state index is 0.0830. The van der Waals surface area contributed by atoms with Crippen LogP contribution in [-0.2, 0) is 33.4 Å². The summed E-state index contributed by atoms with van der Waals surface area (Å²) in [7, 11) is 1.11. The van der Waals surface area contributed by atoms with Crippen LogP contribution in [0, 0.1) is 0 Å². The molecule has 0 spiro atoms. The molecule has 0 aliphatic rings. The molecule has 1 rings (SSSR count). The van der Waals surface area contributed by atoms with E-state index in [2.05, 4.69) is 9.47 Å². The van der Waals surface area contributed by atoms with Gasteiger partial charge in [-0.15, -0.1) is 0 Å². The second-order valence-electron chi connectivity index (χ2n) is 5.03. The average molecular weight is 362 g/mol. The Morgan fingerprint density at radius 1 is 1.00 bits per heavy atom. The molecule has 8 heteroatoms. The van der Waals surface area contributed by atoms with Crippen molar-refractivity contribution in [1.29, 1.82) is 0 Å². The van der Waals surface area contributed by atoms with Gasteiger partial charge in [-0.2, -0.15) is 0 Å². The van der Waals surface area contributed by atoms with Gasteiger partial charge in [0.05, 0.1) is 7.11 Å². The first-order chi connectivity index (χ1) is 12.3. The number of ether oxygens (including phenoxy) is 3. The van der Waals surface area contributed by atoms with Gasteiger partial charge in [0.1, 0.15) is 0 Å². The van der Waals surface area contributed by atoms with Gasteiger partial charge < -0.3 is 14.2 Å². The van der Waals surface area contributed by atoms with Gasteiger partial charge in [0.25, 0.3) is 5.60 Å². The van der Waals surface area contributed by atoms with E-state index in [0.717, 1.165) is 20.1 Å². The molecule has 0 saturated heterocycles. The summed E-state index contributed by atoms with van der Waals surface area (Å²) in [6.07, 6.45) is 1.19. The molecule has 1 atom stereocenters. The van der Waals surface area contributed by atoms with Crippen molar-refractivity contribution in [3.63, 3.8) is 0 Å². The molecule has 0 radical (unpaired) electrons. The Labute approximate surface area is 149 Å². The van der Waals surface area contributed by atoms with Gasteiger partial charge >= 0.3 is 23.9 Å². The van der Waals surface area contributed by atoms with Crippen LogP contribution in [0.4, 0.5) is 0 Å². The molecular formula is C18H18O8. The fourth-order valence-electron chi connectivity index (χ4n) is 2.00. The van der Waals surface area contributed by atoms with E-state index in [4.69, 9.17) is 4.74 Å². The van der Waals surface area contributed by atoms with Gasteiger partial charge in [0.15, 0.2) is 0 Å². The highest BCUT2D eigenvalue weighted by Crippen LogP contribution is 2.25. The summed E-state index contributed by atoms with van der Waals surface area (Å²) in [6, 6.07) is 7.62. The lowest BCUT2D eigenvalue weighted by Gasteiger charge is -2.27. The monoisotopic (exact) mass is 362 g/mol. The molecule has 0 amide bonds. The Hall–Kier alpha value is -3.29.